The summed E-state index contributed by atoms with van der Waals surface area (Å²) in [4.78, 5) is 28.0. The molecular formula is C14H9N5O2. The van der Waals surface area contributed by atoms with Crippen molar-refractivity contribution >= 4 is 11.4 Å². The van der Waals surface area contributed by atoms with Gasteiger partial charge in [-0.05, 0) is 12.1 Å². The Morgan fingerprint density at radius 1 is 1.29 bits per heavy atom. The number of benzene rings is 1. The van der Waals surface area contributed by atoms with Crippen LogP contribution in [0.5, 0.6) is 0 Å². The van der Waals surface area contributed by atoms with Crippen LogP contribution < -0.4 is 5.69 Å². The van der Waals surface area contributed by atoms with Crippen LogP contribution in [0.25, 0.3) is 5.65 Å². The zero-order chi connectivity index (χ0) is 14.8. The molecule has 0 atom stereocenters. The number of carbonyl (C=O) groups excluding carboxylic acids is 1. The lowest BCUT2D eigenvalue weighted by atomic mass is 10.1. The summed E-state index contributed by atoms with van der Waals surface area (Å²) in [6, 6.07) is 8.22. The normalized spacial score (nSPS) is 10.4. The molecule has 0 saturated heterocycles. The number of aromatic nitrogens is 4. The lowest BCUT2D eigenvalue weighted by Crippen LogP contribution is -2.25. The SMILES string of the molecule is N#Cc1ccc(C(=O)Cn2nc3cnccn3c2=O)cc1. The van der Waals surface area contributed by atoms with Gasteiger partial charge in [-0.2, -0.15) is 5.26 Å². The van der Waals surface area contributed by atoms with E-state index in [0.29, 0.717) is 16.8 Å². The number of fused-ring (bicyclic) bond motifs is 1. The van der Waals surface area contributed by atoms with E-state index in [1.165, 1.54) is 23.0 Å². The first-order chi connectivity index (χ1) is 10.2. The van der Waals surface area contributed by atoms with Crippen molar-refractivity contribution in [2.75, 3.05) is 0 Å². The number of nitrogens with zero attached hydrogens (tertiary/aromatic N) is 5. The van der Waals surface area contributed by atoms with E-state index < -0.39 is 5.69 Å². The van der Waals surface area contributed by atoms with Crippen molar-refractivity contribution in [3.63, 3.8) is 0 Å². The summed E-state index contributed by atoms with van der Waals surface area (Å²) < 4.78 is 2.41. The largest absolute Gasteiger partial charge is 0.350 e. The molecule has 3 aromatic rings. The van der Waals surface area contributed by atoms with Gasteiger partial charge in [0.1, 0.15) is 6.54 Å². The highest BCUT2D eigenvalue weighted by Crippen LogP contribution is 2.05. The summed E-state index contributed by atoms with van der Waals surface area (Å²) in [6.07, 6.45) is 4.42. The molecule has 3 rings (SSSR count). The predicted molar refractivity (Wildman–Crippen MR) is 72.7 cm³/mol. The highest BCUT2D eigenvalue weighted by molar-refractivity contribution is 5.95. The van der Waals surface area contributed by atoms with E-state index in [1.54, 1.807) is 24.3 Å². The van der Waals surface area contributed by atoms with Crippen molar-refractivity contribution < 1.29 is 4.79 Å². The number of carbonyl (C=O) groups is 1. The monoisotopic (exact) mass is 279 g/mol. The van der Waals surface area contributed by atoms with Crippen LogP contribution in [0.1, 0.15) is 15.9 Å². The van der Waals surface area contributed by atoms with Crippen LogP contribution in [0.3, 0.4) is 0 Å². The van der Waals surface area contributed by atoms with Gasteiger partial charge in [-0.1, -0.05) is 12.1 Å². The molecular weight excluding hydrogens is 270 g/mol. The minimum Gasteiger partial charge on any atom is -0.292 e. The van der Waals surface area contributed by atoms with E-state index in [-0.39, 0.29) is 12.3 Å². The Balaban J connectivity index is 1.91. The fourth-order valence-electron chi connectivity index (χ4n) is 1.94. The van der Waals surface area contributed by atoms with E-state index in [9.17, 15) is 9.59 Å². The van der Waals surface area contributed by atoms with Crippen LogP contribution in [0.15, 0.2) is 47.7 Å². The average molecular weight is 279 g/mol. The van der Waals surface area contributed by atoms with E-state index >= 15 is 0 Å². The molecule has 0 saturated carbocycles. The molecule has 21 heavy (non-hydrogen) atoms. The van der Waals surface area contributed by atoms with Crippen LogP contribution in [0.2, 0.25) is 0 Å². The van der Waals surface area contributed by atoms with Crippen molar-refractivity contribution in [3.05, 3.63) is 64.5 Å². The Hall–Kier alpha value is -3.27. The number of Topliss-reactive ketones (excluding diaryl/α,β-unsaturated/α-hetero) is 1. The van der Waals surface area contributed by atoms with E-state index in [1.807, 2.05) is 6.07 Å². The summed E-state index contributed by atoms with van der Waals surface area (Å²) in [7, 11) is 0. The van der Waals surface area contributed by atoms with Gasteiger partial charge in [0.05, 0.1) is 17.8 Å². The average Bonchev–Trinajstić information content (AvgIpc) is 2.84. The second kappa shape index (κ2) is 5.02. The van der Waals surface area contributed by atoms with Gasteiger partial charge in [-0.25, -0.2) is 13.9 Å². The fraction of sp³-hybridized carbons (Fsp3) is 0.0714. The molecule has 0 aliphatic carbocycles. The minimum atomic E-state index is -0.394. The molecule has 2 aromatic heterocycles. The van der Waals surface area contributed by atoms with Gasteiger partial charge in [0.25, 0.3) is 0 Å². The van der Waals surface area contributed by atoms with E-state index in [4.69, 9.17) is 5.26 Å². The zero-order valence-corrected chi connectivity index (χ0v) is 10.8. The molecule has 0 spiro atoms. The van der Waals surface area contributed by atoms with Gasteiger partial charge < -0.3 is 0 Å². The number of hydrogen-bond donors (Lipinski definition) is 0. The van der Waals surface area contributed by atoms with Gasteiger partial charge in [-0.3, -0.25) is 9.78 Å². The van der Waals surface area contributed by atoms with Crippen molar-refractivity contribution in [1.82, 2.24) is 19.2 Å². The van der Waals surface area contributed by atoms with Gasteiger partial charge in [0, 0.05) is 18.0 Å². The van der Waals surface area contributed by atoms with E-state index in [0.717, 1.165) is 4.68 Å². The van der Waals surface area contributed by atoms with Crippen LogP contribution in [0.4, 0.5) is 0 Å². The third kappa shape index (κ3) is 2.30. The molecule has 0 amide bonds. The van der Waals surface area contributed by atoms with Crippen molar-refractivity contribution in [3.8, 4) is 6.07 Å². The maximum atomic E-state index is 12.1. The molecule has 0 aliphatic heterocycles. The second-order valence-electron chi connectivity index (χ2n) is 4.36. The molecule has 7 nitrogen and oxygen atoms in total. The topological polar surface area (TPSA) is 93.0 Å². The first kappa shape index (κ1) is 12.7. The van der Waals surface area contributed by atoms with Gasteiger partial charge in [-0.15, -0.1) is 5.10 Å². The Bertz CT molecular complexity index is 915. The summed E-state index contributed by atoms with van der Waals surface area (Å²) in [6.45, 7) is -0.160. The summed E-state index contributed by atoms with van der Waals surface area (Å²) in [5, 5.41) is 12.8. The van der Waals surface area contributed by atoms with Crippen molar-refractivity contribution in [2.24, 2.45) is 0 Å². The second-order valence-corrected chi connectivity index (χ2v) is 4.36. The Morgan fingerprint density at radius 2 is 2.05 bits per heavy atom. The van der Waals surface area contributed by atoms with Crippen LogP contribution in [-0.4, -0.2) is 24.9 Å². The van der Waals surface area contributed by atoms with Gasteiger partial charge in [0.2, 0.25) is 0 Å². The van der Waals surface area contributed by atoms with Crippen LogP contribution in [0, 0.1) is 11.3 Å². The number of hydrogen-bond acceptors (Lipinski definition) is 5. The molecule has 1 aromatic carbocycles. The first-order valence-corrected chi connectivity index (χ1v) is 6.11. The van der Waals surface area contributed by atoms with Gasteiger partial charge in [0.15, 0.2) is 11.4 Å². The number of rotatable bonds is 3. The third-order valence-corrected chi connectivity index (χ3v) is 3.02. The molecule has 2 heterocycles. The molecule has 0 radical (unpaired) electrons. The Labute approximate surface area is 118 Å². The minimum absolute atomic E-state index is 0.160. The maximum absolute atomic E-state index is 12.1. The van der Waals surface area contributed by atoms with Crippen LogP contribution in [-0.2, 0) is 6.54 Å². The van der Waals surface area contributed by atoms with Gasteiger partial charge >= 0.3 is 5.69 Å². The molecule has 0 fully saturated rings. The standard InChI is InChI=1S/C14H9N5O2/c15-7-10-1-3-11(4-2-10)12(20)9-19-14(21)18-6-5-16-8-13(18)17-19/h1-6,8H,9H2. The molecule has 7 heteroatoms. The van der Waals surface area contributed by atoms with Crippen molar-refractivity contribution in [2.45, 2.75) is 6.54 Å². The first-order valence-electron chi connectivity index (χ1n) is 6.11. The summed E-state index contributed by atoms with van der Waals surface area (Å²) in [5.41, 5.74) is 0.892. The highest BCUT2D eigenvalue weighted by Gasteiger charge is 2.12. The molecule has 102 valence electrons. The Kier molecular flexibility index (Phi) is 3.04. The number of ketones is 1. The quantitative estimate of drug-likeness (QED) is 0.656. The summed E-state index contributed by atoms with van der Waals surface area (Å²) in [5.74, 6) is -0.252. The predicted octanol–water partition coefficient (Wildman–Crippen LogP) is 0.646. The Morgan fingerprint density at radius 3 is 2.71 bits per heavy atom. The lowest BCUT2D eigenvalue weighted by molar-refractivity contribution is 0.0966. The smallest absolute Gasteiger partial charge is 0.292 e. The zero-order valence-electron chi connectivity index (χ0n) is 10.8. The van der Waals surface area contributed by atoms with Crippen LogP contribution >= 0.6 is 0 Å². The molecule has 0 unspecified atom stereocenters. The highest BCUT2D eigenvalue weighted by atomic mass is 16.2. The molecule has 0 bridgehead atoms. The van der Waals surface area contributed by atoms with Crippen molar-refractivity contribution in [1.29, 1.82) is 5.26 Å². The molecule has 0 N–H and O–H groups in total. The van der Waals surface area contributed by atoms with E-state index in [2.05, 4.69) is 10.1 Å². The fourth-order valence-corrected chi connectivity index (χ4v) is 1.94. The lowest BCUT2D eigenvalue weighted by Gasteiger charge is -2.00. The molecule has 0 aliphatic rings. The number of nitriles is 1. The third-order valence-electron chi connectivity index (χ3n) is 3.02. The maximum Gasteiger partial charge on any atom is 0.350 e. The summed E-state index contributed by atoms with van der Waals surface area (Å²) >= 11 is 0.